The molecule has 0 atom stereocenters. The molecule has 0 bridgehead atoms. The number of anilines is 1. The molecule has 5 heteroatoms. The van der Waals surface area contributed by atoms with Crippen LogP contribution in [-0.2, 0) is 4.74 Å². The zero-order chi connectivity index (χ0) is 12.3. The molecule has 2 rings (SSSR count). The Morgan fingerprint density at radius 2 is 2.24 bits per heavy atom. The van der Waals surface area contributed by atoms with Crippen LogP contribution in [0.2, 0.25) is 5.02 Å². The van der Waals surface area contributed by atoms with E-state index in [0.717, 1.165) is 0 Å². The summed E-state index contributed by atoms with van der Waals surface area (Å²) >= 11 is 6.07. The first-order valence-corrected chi connectivity index (χ1v) is 6.10. The number of ether oxygens (including phenoxy) is 1. The molecular weight excluding hydrogens is 240 g/mol. The van der Waals surface area contributed by atoms with Crippen LogP contribution in [0.1, 0.15) is 12.8 Å². The predicted octanol–water partition coefficient (Wildman–Crippen LogP) is 1.71. The van der Waals surface area contributed by atoms with Gasteiger partial charge < -0.3 is 14.7 Å². The Morgan fingerprint density at radius 1 is 1.53 bits per heavy atom. The lowest BCUT2D eigenvalue weighted by Crippen LogP contribution is -2.46. The number of nitrogens with zero attached hydrogens (tertiary/aromatic N) is 2. The number of hydrogen-bond acceptors (Lipinski definition) is 4. The average molecular weight is 257 g/mol. The van der Waals surface area contributed by atoms with Gasteiger partial charge in [-0.2, -0.15) is 0 Å². The maximum absolute atomic E-state index is 10.4. The van der Waals surface area contributed by atoms with Crippen molar-refractivity contribution < 1.29 is 9.84 Å². The molecule has 0 aliphatic carbocycles. The minimum Gasteiger partial charge on any atom is -0.388 e. The summed E-state index contributed by atoms with van der Waals surface area (Å²) in [5.41, 5.74) is -0.701. The molecule has 0 saturated carbocycles. The fourth-order valence-electron chi connectivity index (χ4n) is 2.08. The minimum absolute atomic E-state index is 0.521. The highest BCUT2D eigenvalue weighted by Crippen LogP contribution is 2.26. The molecule has 1 saturated heterocycles. The van der Waals surface area contributed by atoms with E-state index in [9.17, 15) is 5.11 Å². The summed E-state index contributed by atoms with van der Waals surface area (Å²) in [5.74, 6) is 0.703. The Hall–Kier alpha value is -0.840. The molecule has 94 valence electrons. The number of rotatable bonds is 3. The van der Waals surface area contributed by atoms with Crippen LogP contribution in [0.3, 0.4) is 0 Å². The van der Waals surface area contributed by atoms with Gasteiger partial charge in [0, 0.05) is 45.8 Å². The smallest absolute Gasteiger partial charge is 0.147 e. The lowest BCUT2D eigenvalue weighted by Gasteiger charge is -2.35. The molecule has 1 N–H and O–H groups in total. The normalized spacial score (nSPS) is 19.0. The van der Waals surface area contributed by atoms with Gasteiger partial charge in [0.05, 0.1) is 10.6 Å². The van der Waals surface area contributed by atoms with Crippen molar-refractivity contribution in [2.75, 3.05) is 31.7 Å². The lowest BCUT2D eigenvalue weighted by atomic mass is 9.94. The van der Waals surface area contributed by atoms with Crippen LogP contribution < -0.4 is 4.90 Å². The van der Waals surface area contributed by atoms with Crippen LogP contribution in [0.15, 0.2) is 18.3 Å². The largest absolute Gasteiger partial charge is 0.388 e. The van der Waals surface area contributed by atoms with Gasteiger partial charge in [0.25, 0.3) is 0 Å². The second-order valence-electron chi connectivity index (χ2n) is 4.50. The van der Waals surface area contributed by atoms with Crippen molar-refractivity contribution in [3.8, 4) is 0 Å². The number of likely N-dealkylation sites (N-methyl/N-ethyl adjacent to an activating group) is 1. The first kappa shape index (κ1) is 12.6. The standard InChI is InChI=1S/C12H17ClN2O2/c1-15(11-10(13)3-2-6-14-11)9-12(16)4-7-17-8-5-12/h2-3,6,16H,4-5,7-9H2,1H3. The molecule has 0 spiro atoms. The molecule has 0 unspecified atom stereocenters. The molecule has 4 nitrogen and oxygen atoms in total. The number of pyridine rings is 1. The SMILES string of the molecule is CN(CC1(O)CCOCC1)c1ncccc1Cl. The van der Waals surface area contributed by atoms with Crippen molar-refractivity contribution in [1.29, 1.82) is 0 Å². The quantitative estimate of drug-likeness (QED) is 0.894. The Morgan fingerprint density at radius 3 is 2.88 bits per heavy atom. The third kappa shape index (κ3) is 3.09. The zero-order valence-corrected chi connectivity index (χ0v) is 10.7. The summed E-state index contributed by atoms with van der Waals surface area (Å²) in [6, 6.07) is 3.59. The fraction of sp³-hybridized carbons (Fsp3) is 0.583. The van der Waals surface area contributed by atoms with Crippen LogP contribution in [-0.4, -0.2) is 42.5 Å². The lowest BCUT2D eigenvalue weighted by molar-refractivity contribution is -0.0573. The summed E-state index contributed by atoms with van der Waals surface area (Å²) in [6.07, 6.45) is 3.01. The molecule has 17 heavy (non-hydrogen) atoms. The molecule has 0 radical (unpaired) electrons. The van der Waals surface area contributed by atoms with E-state index in [0.29, 0.717) is 43.4 Å². The zero-order valence-electron chi connectivity index (χ0n) is 9.90. The van der Waals surface area contributed by atoms with Crippen LogP contribution in [0.5, 0.6) is 0 Å². The van der Waals surface area contributed by atoms with Gasteiger partial charge in [0.2, 0.25) is 0 Å². The number of halogens is 1. The van der Waals surface area contributed by atoms with E-state index in [1.807, 2.05) is 11.9 Å². The van der Waals surface area contributed by atoms with Crippen molar-refractivity contribution in [3.05, 3.63) is 23.4 Å². The molecule has 1 aromatic rings. The number of hydrogen-bond donors (Lipinski definition) is 1. The van der Waals surface area contributed by atoms with Gasteiger partial charge in [0.15, 0.2) is 0 Å². The monoisotopic (exact) mass is 256 g/mol. The number of aliphatic hydroxyl groups is 1. The van der Waals surface area contributed by atoms with E-state index >= 15 is 0 Å². The summed E-state index contributed by atoms with van der Waals surface area (Å²) in [4.78, 5) is 6.12. The summed E-state index contributed by atoms with van der Waals surface area (Å²) in [6.45, 7) is 1.74. The van der Waals surface area contributed by atoms with E-state index in [-0.39, 0.29) is 0 Å². The third-order valence-corrected chi connectivity index (χ3v) is 3.35. The van der Waals surface area contributed by atoms with Crippen molar-refractivity contribution in [2.24, 2.45) is 0 Å². The van der Waals surface area contributed by atoms with E-state index in [2.05, 4.69) is 4.98 Å². The molecule has 1 aromatic heterocycles. The van der Waals surface area contributed by atoms with Crippen LogP contribution in [0, 0.1) is 0 Å². The Labute approximate surface area is 106 Å². The molecule has 1 fully saturated rings. The Balaban J connectivity index is 2.06. The molecule has 0 amide bonds. The summed E-state index contributed by atoms with van der Waals surface area (Å²) < 4.78 is 5.26. The van der Waals surface area contributed by atoms with E-state index in [1.165, 1.54) is 0 Å². The average Bonchev–Trinajstić information content (AvgIpc) is 2.29. The minimum atomic E-state index is -0.701. The summed E-state index contributed by atoms with van der Waals surface area (Å²) in [5, 5.41) is 11.0. The van der Waals surface area contributed by atoms with Gasteiger partial charge >= 0.3 is 0 Å². The van der Waals surface area contributed by atoms with E-state index in [1.54, 1.807) is 18.3 Å². The summed E-state index contributed by atoms with van der Waals surface area (Å²) in [7, 11) is 1.89. The Kier molecular flexibility index (Phi) is 3.86. The first-order valence-electron chi connectivity index (χ1n) is 5.72. The van der Waals surface area contributed by atoms with Gasteiger partial charge in [-0.05, 0) is 12.1 Å². The first-order chi connectivity index (χ1) is 8.11. The van der Waals surface area contributed by atoms with Crippen LogP contribution in [0.4, 0.5) is 5.82 Å². The van der Waals surface area contributed by atoms with Gasteiger partial charge in [0.1, 0.15) is 5.82 Å². The topological polar surface area (TPSA) is 45.6 Å². The maximum Gasteiger partial charge on any atom is 0.147 e. The van der Waals surface area contributed by atoms with Crippen molar-refractivity contribution in [3.63, 3.8) is 0 Å². The molecule has 2 heterocycles. The van der Waals surface area contributed by atoms with Crippen molar-refractivity contribution >= 4 is 17.4 Å². The molecular formula is C12H17ClN2O2. The second-order valence-corrected chi connectivity index (χ2v) is 4.91. The van der Waals surface area contributed by atoms with Crippen molar-refractivity contribution in [1.82, 2.24) is 4.98 Å². The van der Waals surface area contributed by atoms with Gasteiger partial charge in [-0.1, -0.05) is 11.6 Å². The van der Waals surface area contributed by atoms with Gasteiger partial charge in [-0.25, -0.2) is 4.98 Å². The fourth-order valence-corrected chi connectivity index (χ4v) is 2.35. The predicted molar refractivity (Wildman–Crippen MR) is 67.5 cm³/mol. The van der Waals surface area contributed by atoms with Crippen molar-refractivity contribution in [2.45, 2.75) is 18.4 Å². The van der Waals surface area contributed by atoms with E-state index in [4.69, 9.17) is 16.3 Å². The highest BCUT2D eigenvalue weighted by molar-refractivity contribution is 6.32. The molecule has 0 aromatic carbocycles. The van der Waals surface area contributed by atoms with Crippen LogP contribution in [0.25, 0.3) is 0 Å². The maximum atomic E-state index is 10.4. The molecule has 1 aliphatic heterocycles. The Bertz CT molecular complexity index is 381. The number of aromatic nitrogens is 1. The highest BCUT2D eigenvalue weighted by Gasteiger charge is 2.31. The third-order valence-electron chi connectivity index (χ3n) is 3.06. The second kappa shape index (κ2) is 5.21. The molecule has 1 aliphatic rings. The highest BCUT2D eigenvalue weighted by atomic mass is 35.5. The van der Waals surface area contributed by atoms with Crippen LogP contribution >= 0.6 is 11.6 Å². The van der Waals surface area contributed by atoms with Gasteiger partial charge in [-0.15, -0.1) is 0 Å². The van der Waals surface area contributed by atoms with E-state index < -0.39 is 5.60 Å². The van der Waals surface area contributed by atoms with Gasteiger partial charge in [-0.3, -0.25) is 0 Å².